The molecular weight excluding hydrogens is 514 g/mol. The predicted molar refractivity (Wildman–Crippen MR) is 153 cm³/mol. The van der Waals surface area contributed by atoms with Crippen molar-refractivity contribution in [3.8, 4) is 5.75 Å². The van der Waals surface area contributed by atoms with Crippen molar-refractivity contribution >= 4 is 27.3 Å². The van der Waals surface area contributed by atoms with E-state index in [0.29, 0.717) is 25.6 Å². The van der Waals surface area contributed by atoms with Gasteiger partial charge in [0.1, 0.15) is 5.75 Å². The standard InChI is InChI=1S/C29H39N5O4S/c1-21-11-12-26(38-20-24-8-7-13-32(5)18-24)15-28(21)31-29(35)19-33-16-22(2)34(23(3)17-33)39(36,37)27-10-6-9-25(14-27)30-4/h6,9-12,14-15,22-24H,7-8,13,16-20H2,1-3,5H3,(H,31,35). The Bertz CT molecular complexity index is 1310. The Morgan fingerprint density at radius 2 is 1.87 bits per heavy atom. The lowest BCUT2D eigenvalue weighted by Gasteiger charge is -2.43. The van der Waals surface area contributed by atoms with E-state index in [1.165, 1.54) is 29.3 Å². The molecule has 0 saturated carbocycles. The van der Waals surface area contributed by atoms with E-state index in [1.54, 1.807) is 12.1 Å². The van der Waals surface area contributed by atoms with Crippen LogP contribution in [0.3, 0.4) is 0 Å². The quantitative estimate of drug-likeness (QED) is 0.498. The van der Waals surface area contributed by atoms with Gasteiger partial charge in [0.15, 0.2) is 5.69 Å². The van der Waals surface area contributed by atoms with Crippen molar-refractivity contribution in [1.29, 1.82) is 0 Å². The van der Waals surface area contributed by atoms with Gasteiger partial charge in [-0.1, -0.05) is 18.2 Å². The highest BCUT2D eigenvalue weighted by molar-refractivity contribution is 7.89. The summed E-state index contributed by atoms with van der Waals surface area (Å²) in [6, 6.07) is 11.2. The number of amides is 1. The molecule has 2 aromatic rings. The molecule has 0 aromatic heterocycles. The van der Waals surface area contributed by atoms with Crippen LogP contribution in [0.15, 0.2) is 47.4 Å². The topological polar surface area (TPSA) is 86.5 Å². The van der Waals surface area contributed by atoms with Gasteiger partial charge in [0.25, 0.3) is 0 Å². The number of carbonyl (C=O) groups is 1. The predicted octanol–water partition coefficient (Wildman–Crippen LogP) is 3.99. The van der Waals surface area contributed by atoms with Crippen LogP contribution in [-0.4, -0.2) is 86.9 Å². The number of nitrogens with zero attached hydrogens (tertiary/aromatic N) is 4. The number of piperidine rings is 1. The van der Waals surface area contributed by atoms with E-state index in [-0.39, 0.29) is 35.1 Å². The van der Waals surface area contributed by atoms with E-state index < -0.39 is 10.0 Å². The maximum Gasteiger partial charge on any atom is 0.242 e. The molecule has 2 saturated heterocycles. The summed E-state index contributed by atoms with van der Waals surface area (Å²) in [5.41, 5.74) is 1.96. The zero-order valence-corrected chi connectivity index (χ0v) is 24.1. The molecule has 2 aliphatic rings. The number of aryl methyl sites for hydroxylation is 1. The summed E-state index contributed by atoms with van der Waals surface area (Å²) < 4.78 is 34.4. The van der Waals surface area contributed by atoms with Crippen molar-refractivity contribution in [3.63, 3.8) is 0 Å². The van der Waals surface area contributed by atoms with Crippen LogP contribution in [0.4, 0.5) is 11.4 Å². The Morgan fingerprint density at radius 1 is 1.13 bits per heavy atom. The summed E-state index contributed by atoms with van der Waals surface area (Å²) in [6.07, 6.45) is 2.35. The molecule has 1 N–H and O–H groups in total. The average molecular weight is 554 g/mol. The van der Waals surface area contributed by atoms with Crippen LogP contribution in [-0.2, 0) is 14.8 Å². The van der Waals surface area contributed by atoms with Gasteiger partial charge in [-0.15, -0.1) is 0 Å². The molecule has 3 atom stereocenters. The fraction of sp³-hybridized carbons (Fsp3) is 0.517. The highest BCUT2D eigenvalue weighted by atomic mass is 32.2. The lowest BCUT2D eigenvalue weighted by Crippen LogP contribution is -2.59. The fourth-order valence-corrected chi connectivity index (χ4v) is 7.54. The zero-order chi connectivity index (χ0) is 28.2. The molecule has 1 amide bonds. The molecule has 2 fully saturated rings. The molecule has 2 aromatic carbocycles. The van der Waals surface area contributed by atoms with Gasteiger partial charge in [0, 0.05) is 49.4 Å². The van der Waals surface area contributed by atoms with Gasteiger partial charge in [0.2, 0.25) is 15.9 Å². The number of hydrogen-bond acceptors (Lipinski definition) is 6. The lowest BCUT2D eigenvalue weighted by atomic mass is 9.99. The summed E-state index contributed by atoms with van der Waals surface area (Å²) in [6.45, 7) is 16.7. The van der Waals surface area contributed by atoms with Gasteiger partial charge in [-0.05, 0) is 71.0 Å². The van der Waals surface area contributed by atoms with Crippen LogP contribution in [0.5, 0.6) is 5.75 Å². The average Bonchev–Trinajstić information content (AvgIpc) is 2.88. The van der Waals surface area contributed by atoms with Gasteiger partial charge >= 0.3 is 0 Å². The second-order valence-corrected chi connectivity index (χ2v) is 12.8. The first-order valence-corrected chi connectivity index (χ1v) is 15.0. The molecule has 210 valence electrons. The van der Waals surface area contributed by atoms with Crippen molar-refractivity contribution < 1.29 is 17.9 Å². The van der Waals surface area contributed by atoms with Crippen molar-refractivity contribution in [2.24, 2.45) is 5.92 Å². The molecular formula is C29H39N5O4S. The molecule has 0 spiro atoms. The fourth-order valence-electron chi connectivity index (χ4n) is 5.70. The van der Waals surface area contributed by atoms with E-state index in [4.69, 9.17) is 11.3 Å². The van der Waals surface area contributed by atoms with Crippen molar-refractivity contribution in [2.45, 2.75) is 50.6 Å². The summed E-state index contributed by atoms with van der Waals surface area (Å²) in [5, 5.41) is 3.02. The minimum atomic E-state index is -3.77. The molecule has 2 aliphatic heterocycles. The Balaban J connectivity index is 1.35. The van der Waals surface area contributed by atoms with Gasteiger partial charge in [0.05, 0.1) is 24.6 Å². The van der Waals surface area contributed by atoms with Crippen molar-refractivity contribution in [3.05, 3.63) is 59.4 Å². The molecule has 0 aliphatic carbocycles. The third kappa shape index (κ3) is 7.17. The largest absolute Gasteiger partial charge is 0.493 e. The molecule has 2 heterocycles. The molecule has 39 heavy (non-hydrogen) atoms. The number of hydrogen-bond donors (Lipinski definition) is 1. The van der Waals surface area contributed by atoms with Crippen LogP contribution in [0.25, 0.3) is 4.85 Å². The van der Waals surface area contributed by atoms with E-state index in [0.717, 1.165) is 30.1 Å². The number of nitrogens with one attached hydrogen (secondary N) is 1. The minimum absolute atomic E-state index is 0.119. The minimum Gasteiger partial charge on any atom is -0.493 e. The highest BCUT2D eigenvalue weighted by Crippen LogP contribution is 2.28. The SMILES string of the molecule is [C-]#[N+]c1cccc(S(=O)(=O)N2C(C)CN(CC(=O)Nc3cc(OCC4CCCN(C)C4)ccc3C)CC2C)c1. The maximum atomic E-state index is 13.4. The summed E-state index contributed by atoms with van der Waals surface area (Å²) in [4.78, 5) is 20.8. The Labute approximate surface area is 232 Å². The van der Waals surface area contributed by atoms with Crippen LogP contribution in [0.1, 0.15) is 32.3 Å². The van der Waals surface area contributed by atoms with E-state index >= 15 is 0 Å². The third-order valence-corrected chi connectivity index (χ3v) is 9.62. The lowest BCUT2D eigenvalue weighted by molar-refractivity contribution is -0.118. The van der Waals surface area contributed by atoms with E-state index in [1.807, 2.05) is 43.9 Å². The first-order chi connectivity index (χ1) is 18.6. The summed E-state index contributed by atoms with van der Waals surface area (Å²) in [5.74, 6) is 1.10. The van der Waals surface area contributed by atoms with Gasteiger partial charge in [-0.3, -0.25) is 9.69 Å². The first kappa shape index (κ1) is 29.0. The maximum absolute atomic E-state index is 13.4. The Hall–Kier alpha value is -2.97. The van der Waals surface area contributed by atoms with Crippen LogP contribution in [0, 0.1) is 19.4 Å². The number of anilines is 1. The number of likely N-dealkylation sites (tertiary alicyclic amines) is 1. The summed E-state index contributed by atoms with van der Waals surface area (Å²) in [7, 11) is -1.63. The second-order valence-electron chi connectivity index (χ2n) is 10.9. The summed E-state index contributed by atoms with van der Waals surface area (Å²) >= 11 is 0. The molecule has 0 radical (unpaired) electrons. The Kier molecular flexibility index (Phi) is 9.28. The Morgan fingerprint density at radius 3 is 2.56 bits per heavy atom. The van der Waals surface area contributed by atoms with Gasteiger partial charge < -0.3 is 15.0 Å². The second kappa shape index (κ2) is 12.5. The van der Waals surface area contributed by atoms with Gasteiger partial charge in [-0.25, -0.2) is 13.3 Å². The van der Waals surface area contributed by atoms with E-state index in [9.17, 15) is 13.2 Å². The van der Waals surface area contributed by atoms with Crippen molar-refractivity contribution in [2.75, 3.05) is 51.7 Å². The van der Waals surface area contributed by atoms with Gasteiger partial charge in [-0.2, -0.15) is 4.31 Å². The molecule has 9 nitrogen and oxygen atoms in total. The molecule has 10 heteroatoms. The van der Waals surface area contributed by atoms with Crippen LogP contribution < -0.4 is 10.1 Å². The number of sulfonamides is 1. The number of carbonyl (C=O) groups excluding carboxylic acids is 1. The molecule has 3 unspecified atom stereocenters. The first-order valence-electron chi connectivity index (χ1n) is 13.5. The van der Waals surface area contributed by atoms with Crippen LogP contribution >= 0.6 is 0 Å². The normalized spacial score (nSPS) is 23.2. The monoisotopic (exact) mass is 553 g/mol. The number of rotatable bonds is 8. The number of benzene rings is 2. The smallest absolute Gasteiger partial charge is 0.242 e. The van der Waals surface area contributed by atoms with E-state index in [2.05, 4.69) is 22.1 Å². The third-order valence-electron chi connectivity index (χ3n) is 7.49. The molecule has 4 rings (SSSR count). The number of piperazine rings is 1. The molecule has 0 bridgehead atoms. The van der Waals surface area contributed by atoms with Crippen molar-refractivity contribution in [1.82, 2.24) is 14.1 Å². The van der Waals surface area contributed by atoms with Crippen LogP contribution in [0.2, 0.25) is 0 Å². The highest BCUT2D eigenvalue weighted by Gasteiger charge is 2.38. The number of ether oxygens (including phenoxy) is 1. The zero-order valence-electron chi connectivity index (χ0n) is 23.3.